The van der Waals surface area contributed by atoms with E-state index in [2.05, 4.69) is 10.3 Å². The Morgan fingerprint density at radius 2 is 2.29 bits per heavy atom. The third kappa shape index (κ3) is 2.57. The molecule has 1 heterocycles. The highest BCUT2D eigenvalue weighted by molar-refractivity contribution is 5.89. The van der Waals surface area contributed by atoms with E-state index in [1.54, 1.807) is 24.4 Å². The number of phenolic OH excluding ortho intramolecular Hbond substituents is 1. The van der Waals surface area contributed by atoms with Gasteiger partial charge in [-0.3, -0.25) is 4.79 Å². The van der Waals surface area contributed by atoms with Crippen LogP contribution in [0.1, 0.15) is 5.56 Å². The number of fused-ring (bicyclic) bond motifs is 1. The third-order valence-electron chi connectivity index (χ3n) is 2.57. The second-order valence-electron chi connectivity index (χ2n) is 3.86. The molecule has 5 N–H and O–H groups in total. The molecule has 0 aliphatic carbocycles. The van der Waals surface area contributed by atoms with E-state index in [1.165, 1.54) is 0 Å². The van der Waals surface area contributed by atoms with Crippen LogP contribution in [0, 0.1) is 0 Å². The van der Waals surface area contributed by atoms with E-state index in [4.69, 9.17) is 5.73 Å². The zero-order valence-electron chi connectivity index (χ0n) is 9.36. The van der Waals surface area contributed by atoms with Crippen LogP contribution < -0.4 is 11.1 Å². The van der Waals surface area contributed by atoms with Gasteiger partial charge in [-0.25, -0.2) is 0 Å². The normalized spacial score (nSPS) is 10.6. The summed E-state index contributed by atoms with van der Waals surface area (Å²) in [6.45, 7) is 0.926. The van der Waals surface area contributed by atoms with Gasteiger partial charge in [0, 0.05) is 36.3 Å². The van der Waals surface area contributed by atoms with Gasteiger partial charge in [0.15, 0.2) is 0 Å². The first-order valence-corrected chi connectivity index (χ1v) is 5.46. The van der Waals surface area contributed by atoms with E-state index in [0.717, 1.165) is 16.5 Å². The molecule has 1 amide bonds. The van der Waals surface area contributed by atoms with Gasteiger partial charge in [-0.2, -0.15) is 0 Å². The van der Waals surface area contributed by atoms with Gasteiger partial charge in [-0.05, 0) is 17.7 Å². The van der Waals surface area contributed by atoms with Crippen molar-refractivity contribution in [3.63, 3.8) is 0 Å². The summed E-state index contributed by atoms with van der Waals surface area (Å²) in [5.41, 5.74) is 7.05. The lowest BCUT2D eigenvalue weighted by Crippen LogP contribution is -2.30. The van der Waals surface area contributed by atoms with Crippen molar-refractivity contribution in [3.05, 3.63) is 30.0 Å². The highest BCUT2D eigenvalue weighted by Crippen LogP contribution is 2.22. The number of benzene rings is 1. The van der Waals surface area contributed by atoms with E-state index in [-0.39, 0.29) is 11.7 Å². The van der Waals surface area contributed by atoms with E-state index in [1.807, 2.05) is 0 Å². The van der Waals surface area contributed by atoms with Crippen molar-refractivity contribution in [3.8, 4) is 5.75 Å². The van der Waals surface area contributed by atoms with Crippen LogP contribution in [0.5, 0.6) is 5.75 Å². The molecule has 5 nitrogen and oxygen atoms in total. The zero-order valence-corrected chi connectivity index (χ0v) is 9.36. The Morgan fingerprint density at radius 1 is 1.47 bits per heavy atom. The fraction of sp³-hybridized carbons (Fsp3) is 0.250. The van der Waals surface area contributed by atoms with Crippen LogP contribution in [0.3, 0.4) is 0 Å². The predicted molar refractivity (Wildman–Crippen MR) is 65.7 cm³/mol. The molecule has 0 fully saturated rings. The molecule has 90 valence electrons. The first-order valence-electron chi connectivity index (χ1n) is 5.46. The second-order valence-corrected chi connectivity index (χ2v) is 3.86. The molecule has 0 bridgehead atoms. The molecule has 17 heavy (non-hydrogen) atoms. The first-order chi connectivity index (χ1) is 8.20. The zero-order chi connectivity index (χ0) is 12.3. The molecule has 1 aromatic heterocycles. The Labute approximate surface area is 98.6 Å². The van der Waals surface area contributed by atoms with Crippen molar-refractivity contribution < 1.29 is 9.90 Å². The summed E-state index contributed by atoms with van der Waals surface area (Å²) < 4.78 is 0. The first kappa shape index (κ1) is 11.5. The fourth-order valence-electron chi connectivity index (χ4n) is 1.77. The maximum absolute atomic E-state index is 11.5. The Balaban J connectivity index is 2.16. The van der Waals surface area contributed by atoms with Gasteiger partial charge in [-0.15, -0.1) is 0 Å². The van der Waals surface area contributed by atoms with E-state index in [9.17, 15) is 9.90 Å². The Kier molecular flexibility index (Phi) is 3.30. The monoisotopic (exact) mass is 233 g/mol. The largest absolute Gasteiger partial charge is 0.508 e. The quantitative estimate of drug-likeness (QED) is 0.619. The van der Waals surface area contributed by atoms with Gasteiger partial charge in [0.2, 0.25) is 5.91 Å². The number of H-pyrrole nitrogens is 1. The number of hydrogen-bond donors (Lipinski definition) is 4. The van der Waals surface area contributed by atoms with Crippen LogP contribution in [-0.2, 0) is 11.2 Å². The number of phenols is 1. The van der Waals surface area contributed by atoms with E-state index >= 15 is 0 Å². The van der Waals surface area contributed by atoms with Crippen LogP contribution >= 0.6 is 0 Å². The Hall–Kier alpha value is -2.01. The molecule has 0 aliphatic heterocycles. The minimum atomic E-state index is -0.0515. The van der Waals surface area contributed by atoms with Crippen LogP contribution in [0.15, 0.2) is 24.4 Å². The highest BCUT2D eigenvalue weighted by atomic mass is 16.3. The van der Waals surface area contributed by atoms with Crippen LogP contribution in [0.25, 0.3) is 10.9 Å². The molecule has 0 radical (unpaired) electrons. The van der Waals surface area contributed by atoms with Crippen molar-refractivity contribution in [2.75, 3.05) is 13.1 Å². The molecular weight excluding hydrogens is 218 g/mol. The topological polar surface area (TPSA) is 91.1 Å². The van der Waals surface area contributed by atoms with Crippen LogP contribution in [0.2, 0.25) is 0 Å². The minimum absolute atomic E-state index is 0.0515. The molecule has 0 spiro atoms. The summed E-state index contributed by atoms with van der Waals surface area (Å²) in [7, 11) is 0. The Morgan fingerprint density at radius 3 is 3.06 bits per heavy atom. The van der Waals surface area contributed by atoms with Crippen LogP contribution in [-0.4, -0.2) is 29.1 Å². The number of carbonyl (C=O) groups excluding carboxylic acids is 1. The maximum Gasteiger partial charge on any atom is 0.224 e. The van der Waals surface area contributed by atoms with Crippen molar-refractivity contribution in [2.24, 2.45) is 5.73 Å². The maximum atomic E-state index is 11.5. The molecule has 0 saturated heterocycles. The third-order valence-corrected chi connectivity index (χ3v) is 2.57. The van der Waals surface area contributed by atoms with Gasteiger partial charge in [0.1, 0.15) is 5.75 Å². The molecule has 1 aromatic carbocycles. The average molecular weight is 233 g/mol. The van der Waals surface area contributed by atoms with Gasteiger partial charge >= 0.3 is 0 Å². The van der Waals surface area contributed by atoms with E-state index < -0.39 is 0 Å². The smallest absolute Gasteiger partial charge is 0.224 e. The summed E-state index contributed by atoms with van der Waals surface area (Å²) >= 11 is 0. The minimum Gasteiger partial charge on any atom is -0.508 e. The van der Waals surface area contributed by atoms with Crippen molar-refractivity contribution in [1.82, 2.24) is 10.3 Å². The second kappa shape index (κ2) is 4.88. The van der Waals surface area contributed by atoms with Crippen molar-refractivity contribution >= 4 is 16.8 Å². The summed E-state index contributed by atoms with van der Waals surface area (Å²) in [4.78, 5) is 14.6. The number of rotatable bonds is 4. The molecule has 0 aliphatic rings. The number of aromatic amines is 1. The summed E-state index contributed by atoms with van der Waals surface area (Å²) in [5.74, 6) is 0.155. The molecule has 5 heteroatoms. The number of carbonyl (C=O) groups is 1. The molecule has 0 saturated carbocycles. The van der Waals surface area contributed by atoms with Gasteiger partial charge < -0.3 is 21.1 Å². The lowest BCUT2D eigenvalue weighted by molar-refractivity contribution is -0.120. The molecule has 2 aromatic rings. The number of aromatic nitrogens is 1. The van der Waals surface area contributed by atoms with Crippen molar-refractivity contribution in [2.45, 2.75) is 6.42 Å². The number of amides is 1. The molecular formula is C12H15N3O2. The SMILES string of the molecule is NCCNC(=O)Cc1c[nH]c2cc(O)ccc12. The highest BCUT2D eigenvalue weighted by Gasteiger charge is 2.08. The summed E-state index contributed by atoms with van der Waals surface area (Å²) in [6, 6.07) is 5.04. The van der Waals surface area contributed by atoms with Gasteiger partial charge in [0.25, 0.3) is 0 Å². The predicted octanol–water partition coefficient (Wildman–Crippen LogP) is 0.491. The number of nitrogens with one attached hydrogen (secondary N) is 2. The van der Waals surface area contributed by atoms with Crippen LogP contribution in [0.4, 0.5) is 0 Å². The lowest BCUT2D eigenvalue weighted by Gasteiger charge is -2.02. The summed E-state index contributed by atoms with van der Waals surface area (Å²) in [6.07, 6.45) is 2.09. The van der Waals surface area contributed by atoms with Crippen molar-refractivity contribution in [1.29, 1.82) is 0 Å². The average Bonchev–Trinajstić information content (AvgIpc) is 2.69. The molecule has 0 unspecified atom stereocenters. The standard InChI is InChI=1S/C12H15N3O2/c13-3-4-14-12(17)5-8-7-15-11-6-9(16)1-2-10(8)11/h1-2,6-7,15-16H,3-5,13H2,(H,14,17). The van der Waals surface area contributed by atoms with Gasteiger partial charge in [-0.1, -0.05) is 0 Å². The fourth-order valence-corrected chi connectivity index (χ4v) is 1.77. The summed E-state index contributed by atoms with van der Waals surface area (Å²) in [5, 5.41) is 13.0. The number of nitrogens with two attached hydrogens (primary N) is 1. The van der Waals surface area contributed by atoms with E-state index in [0.29, 0.717) is 19.5 Å². The lowest BCUT2D eigenvalue weighted by atomic mass is 10.1. The number of aromatic hydroxyl groups is 1. The van der Waals surface area contributed by atoms with Gasteiger partial charge in [0.05, 0.1) is 6.42 Å². The Bertz CT molecular complexity index is 534. The molecule has 0 atom stereocenters. The number of hydrogen-bond acceptors (Lipinski definition) is 3. The molecule has 2 rings (SSSR count).